The predicted molar refractivity (Wildman–Crippen MR) is 64.3 cm³/mol. The zero-order chi connectivity index (χ0) is 14.6. The van der Waals surface area contributed by atoms with Gasteiger partial charge in [-0.3, -0.25) is 4.79 Å². The number of hydrogen-bond donors (Lipinski definition) is 2. The van der Waals surface area contributed by atoms with Crippen LogP contribution in [-0.4, -0.2) is 55.7 Å². The Morgan fingerprint density at radius 2 is 1.72 bits per heavy atom. The van der Waals surface area contributed by atoms with E-state index in [0.29, 0.717) is 6.54 Å². The maximum absolute atomic E-state index is 11.9. The van der Waals surface area contributed by atoms with E-state index in [1.165, 1.54) is 6.92 Å². The van der Waals surface area contributed by atoms with Crippen molar-refractivity contribution in [1.29, 1.82) is 0 Å². The summed E-state index contributed by atoms with van der Waals surface area (Å²) in [6.45, 7) is 4.69. The average Bonchev–Trinajstić information content (AvgIpc) is 2.21. The summed E-state index contributed by atoms with van der Waals surface area (Å²) >= 11 is 0. The van der Waals surface area contributed by atoms with E-state index in [1.807, 2.05) is 38.2 Å². The number of carbonyl (C=O) groups excluding carboxylic acids is 1. The molecule has 0 aliphatic heterocycles. The van der Waals surface area contributed by atoms with Crippen LogP contribution in [0.3, 0.4) is 0 Å². The molecule has 2 N–H and O–H groups in total. The molecule has 0 aliphatic carbocycles. The summed E-state index contributed by atoms with van der Waals surface area (Å²) < 4.78 is 35.8. The van der Waals surface area contributed by atoms with Crippen molar-refractivity contribution in [3.05, 3.63) is 0 Å². The van der Waals surface area contributed by atoms with Gasteiger partial charge in [0.25, 0.3) is 0 Å². The lowest BCUT2D eigenvalue weighted by molar-refractivity contribution is -0.139. The Kier molecular flexibility index (Phi) is 6.09. The van der Waals surface area contributed by atoms with Crippen molar-refractivity contribution in [1.82, 2.24) is 15.5 Å². The second kappa shape index (κ2) is 6.38. The number of rotatable bonds is 6. The lowest BCUT2D eigenvalue weighted by Crippen LogP contribution is -2.52. The largest absolute Gasteiger partial charge is 0.405 e. The van der Waals surface area contributed by atoms with Crippen molar-refractivity contribution in [2.45, 2.75) is 38.5 Å². The Morgan fingerprint density at radius 3 is 2.11 bits per heavy atom. The van der Waals surface area contributed by atoms with Crippen LogP contribution < -0.4 is 10.6 Å². The second-order valence-corrected chi connectivity index (χ2v) is 5.14. The lowest BCUT2D eigenvalue weighted by atomic mass is 10.0. The monoisotopic (exact) mass is 269 g/mol. The molecular weight excluding hydrogens is 247 g/mol. The molecular formula is C11H22F3N3O. The first-order valence-electron chi connectivity index (χ1n) is 5.71. The van der Waals surface area contributed by atoms with Crippen LogP contribution >= 0.6 is 0 Å². The van der Waals surface area contributed by atoms with Crippen LogP contribution in [0.15, 0.2) is 0 Å². The SMILES string of the molecule is CC(NCC(C)(C)N(C)C)C(=O)NCC(F)(F)F. The number of halogens is 3. The Morgan fingerprint density at radius 1 is 1.22 bits per heavy atom. The standard InChI is InChI=1S/C11H22F3N3O/c1-8(9(18)16-7-11(12,13)14)15-6-10(2,3)17(4)5/h8,15H,6-7H2,1-5H3,(H,16,18). The Balaban J connectivity index is 4.10. The van der Waals surface area contributed by atoms with Crippen molar-refractivity contribution in [2.75, 3.05) is 27.2 Å². The minimum absolute atomic E-state index is 0.182. The van der Waals surface area contributed by atoms with Crippen molar-refractivity contribution in [3.8, 4) is 0 Å². The number of nitrogens with zero attached hydrogens (tertiary/aromatic N) is 1. The van der Waals surface area contributed by atoms with Gasteiger partial charge in [-0.15, -0.1) is 0 Å². The molecule has 0 aromatic rings. The average molecular weight is 269 g/mol. The van der Waals surface area contributed by atoms with Gasteiger partial charge in [-0.05, 0) is 34.9 Å². The van der Waals surface area contributed by atoms with Gasteiger partial charge in [0.1, 0.15) is 6.54 Å². The molecule has 0 rings (SSSR count). The number of nitrogens with one attached hydrogen (secondary N) is 2. The molecule has 0 aromatic carbocycles. The molecule has 1 atom stereocenters. The molecule has 1 unspecified atom stereocenters. The van der Waals surface area contributed by atoms with Crippen molar-refractivity contribution >= 4 is 5.91 Å². The molecule has 0 spiro atoms. The molecule has 4 nitrogen and oxygen atoms in total. The summed E-state index contributed by atoms with van der Waals surface area (Å²) in [6.07, 6.45) is -4.38. The highest BCUT2D eigenvalue weighted by molar-refractivity contribution is 5.81. The highest BCUT2D eigenvalue weighted by Crippen LogP contribution is 2.12. The van der Waals surface area contributed by atoms with Gasteiger partial charge in [-0.25, -0.2) is 0 Å². The van der Waals surface area contributed by atoms with E-state index >= 15 is 0 Å². The smallest absolute Gasteiger partial charge is 0.346 e. The predicted octanol–water partition coefficient (Wildman–Crippen LogP) is 0.983. The summed E-state index contributed by atoms with van der Waals surface area (Å²) in [5.74, 6) is -0.651. The van der Waals surface area contributed by atoms with Gasteiger partial charge in [-0.2, -0.15) is 13.2 Å². The number of hydrogen-bond acceptors (Lipinski definition) is 3. The van der Waals surface area contributed by atoms with Crippen LogP contribution in [0.1, 0.15) is 20.8 Å². The molecule has 0 radical (unpaired) electrons. The molecule has 1 amide bonds. The molecule has 0 aliphatic rings. The molecule has 0 bridgehead atoms. The first-order valence-corrected chi connectivity index (χ1v) is 5.71. The third kappa shape index (κ3) is 6.80. The molecule has 0 saturated heterocycles. The minimum Gasteiger partial charge on any atom is -0.346 e. The van der Waals surface area contributed by atoms with Crippen LogP contribution in [-0.2, 0) is 4.79 Å². The fourth-order valence-electron chi connectivity index (χ4n) is 0.994. The quantitative estimate of drug-likeness (QED) is 0.755. The molecule has 0 heterocycles. The summed E-state index contributed by atoms with van der Waals surface area (Å²) in [7, 11) is 3.80. The number of alkyl halides is 3. The van der Waals surface area contributed by atoms with Gasteiger partial charge in [0.2, 0.25) is 5.91 Å². The molecule has 0 saturated carbocycles. The Bertz CT molecular complexity index is 277. The summed E-state index contributed by atoms with van der Waals surface area (Å²) in [6, 6.07) is -0.661. The number of likely N-dealkylation sites (N-methyl/N-ethyl adjacent to an activating group) is 1. The van der Waals surface area contributed by atoms with E-state index in [4.69, 9.17) is 0 Å². The summed E-state index contributed by atoms with van der Waals surface area (Å²) in [5.41, 5.74) is -0.182. The zero-order valence-corrected chi connectivity index (χ0v) is 11.5. The van der Waals surface area contributed by atoms with Crippen molar-refractivity contribution in [2.24, 2.45) is 0 Å². The van der Waals surface area contributed by atoms with Gasteiger partial charge >= 0.3 is 6.18 Å². The van der Waals surface area contributed by atoms with Crippen LogP contribution in [0.5, 0.6) is 0 Å². The van der Waals surface area contributed by atoms with Crippen LogP contribution in [0, 0.1) is 0 Å². The normalized spacial score (nSPS) is 14.7. The van der Waals surface area contributed by atoms with E-state index in [9.17, 15) is 18.0 Å². The van der Waals surface area contributed by atoms with E-state index in [2.05, 4.69) is 5.32 Å². The molecule has 0 fully saturated rings. The molecule has 0 aromatic heterocycles. The van der Waals surface area contributed by atoms with Gasteiger partial charge in [0.05, 0.1) is 6.04 Å². The Hall–Kier alpha value is -0.820. The van der Waals surface area contributed by atoms with E-state index in [-0.39, 0.29) is 5.54 Å². The van der Waals surface area contributed by atoms with E-state index in [1.54, 1.807) is 0 Å². The summed E-state index contributed by atoms with van der Waals surface area (Å²) in [4.78, 5) is 13.4. The maximum atomic E-state index is 11.9. The third-order valence-electron chi connectivity index (χ3n) is 2.91. The minimum atomic E-state index is -4.38. The second-order valence-electron chi connectivity index (χ2n) is 5.14. The fourth-order valence-corrected chi connectivity index (χ4v) is 0.994. The van der Waals surface area contributed by atoms with Gasteiger partial charge in [0, 0.05) is 12.1 Å². The first kappa shape index (κ1) is 17.2. The van der Waals surface area contributed by atoms with Gasteiger partial charge < -0.3 is 15.5 Å². The Labute approximate surface area is 106 Å². The highest BCUT2D eigenvalue weighted by Gasteiger charge is 2.29. The highest BCUT2D eigenvalue weighted by atomic mass is 19.4. The van der Waals surface area contributed by atoms with Crippen LogP contribution in [0.2, 0.25) is 0 Å². The topological polar surface area (TPSA) is 44.4 Å². The molecule has 108 valence electrons. The summed E-state index contributed by atoms with van der Waals surface area (Å²) in [5, 5.41) is 4.77. The third-order valence-corrected chi connectivity index (χ3v) is 2.91. The molecule has 18 heavy (non-hydrogen) atoms. The first-order chi connectivity index (χ1) is 7.96. The maximum Gasteiger partial charge on any atom is 0.405 e. The van der Waals surface area contributed by atoms with Gasteiger partial charge in [-0.1, -0.05) is 0 Å². The fraction of sp³-hybridized carbons (Fsp3) is 0.909. The number of carbonyl (C=O) groups is 1. The van der Waals surface area contributed by atoms with Crippen molar-refractivity contribution in [3.63, 3.8) is 0 Å². The lowest BCUT2D eigenvalue weighted by Gasteiger charge is -2.33. The van der Waals surface area contributed by atoms with Crippen molar-refractivity contribution < 1.29 is 18.0 Å². The zero-order valence-electron chi connectivity index (χ0n) is 11.5. The van der Waals surface area contributed by atoms with Crippen LogP contribution in [0.25, 0.3) is 0 Å². The number of amides is 1. The van der Waals surface area contributed by atoms with Crippen LogP contribution in [0.4, 0.5) is 13.2 Å². The van der Waals surface area contributed by atoms with E-state index < -0.39 is 24.7 Å². The van der Waals surface area contributed by atoms with Gasteiger partial charge in [0.15, 0.2) is 0 Å². The molecule has 7 heteroatoms. The van der Waals surface area contributed by atoms with E-state index in [0.717, 1.165) is 0 Å².